The second-order valence-corrected chi connectivity index (χ2v) is 5.63. The third kappa shape index (κ3) is 2.57. The quantitative estimate of drug-likeness (QED) is 0.794. The Morgan fingerprint density at radius 2 is 2.08 bits per heavy atom. The average Bonchev–Trinajstić information content (AvgIpc) is 3.01. The molecule has 1 aromatic carbocycles. The van der Waals surface area contributed by atoms with Crippen molar-refractivity contribution in [3.63, 3.8) is 0 Å². The minimum Gasteiger partial charge on any atom is -0.337 e. The van der Waals surface area contributed by atoms with Gasteiger partial charge >= 0.3 is 0 Å². The van der Waals surface area contributed by atoms with Gasteiger partial charge in [-0.25, -0.2) is 9.98 Å². The molecule has 0 saturated carbocycles. The highest BCUT2D eigenvalue weighted by Gasteiger charge is 2.21. The van der Waals surface area contributed by atoms with Crippen molar-refractivity contribution in [3.8, 4) is 0 Å². The molecular formula is C19H14N4O2. The molecule has 25 heavy (non-hydrogen) atoms. The summed E-state index contributed by atoms with van der Waals surface area (Å²) < 4.78 is 1.93. The van der Waals surface area contributed by atoms with E-state index in [4.69, 9.17) is 0 Å². The number of amides is 2. The summed E-state index contributed by atoms with van der Waals surface area (Å²) in [7, 11) is 0. The molecule has 1 aliphatic carbocycles. The van der Waals surface area contributed by atoms with Crippen LogP contribution in [0.2, 0.25) is 0 Å². The number of hydrogen-bond donors (Lipinski definition) is 0. The van der Waals surface area contributed by atoms with E-state index < -0.39 is 0 Å². The monoisotopic (exact) mass is 330 g/mol. The van der Waals surface area contributed by atoms with Gasteiger partial charge in [-0.3, -0.25) is 9.59 Å². The molecule has 2 aromatic rings. The Bertz CT molecular complexity index is 1060. The summed E-state index contributed by atoms with van der Waals surface area (Å²) in [5.74, 6) is -0.723. The first-order valence-corrected chi connectivity index (χ1v) is 7.93. The van der Waals surface area contributed by atoms with Gasteiger partial charge in [0, 0.05) is 17.4 Å². The molecule has 1 aliphatic heterocycles. The fourth-order valence-electron chi connectivity index (χ4n) is 2.99. The van der Waals surface area contributed by atoms with Crippen LogP contribution in [-0.2, 0) is 11.3 Å². The first-order valence-electron chi connectivity index (χ1n) is 7.93. The van der Waals surface area contributed by atoms with Crippen LogP contribution in [0.4, 0.5) is 0 Å². The van der Waals surface area contributed by atoms with Crippen LogP contribution < -0.4 is 0 Å². The number of benzene rings is 1. The maximum absolute atomic E-state index is 12.7. The van der Waals surface area contributed by atoms with Crippen LogP contribution in [0.15, 0.2) is 69.1 Å². The Labute approximate surface area is 143 Å². The Morgan fingerprint density at radius 3 is 2.92 bits per heavy atom. The van der Waals surface area contributed by atoms with Gasteiger partial charge in [0.1, 0.15) is 12.0 Å². The largest absolute Gasteiger partial charge is 0.337 e. The zero-order chi connectivity index (χ0) is 17.4. The van der Waals surface area contributed by atoms with Gasteiger partial charge in [-0.15, -0.1) is 0 Å². The molecule has 0 fully saturated rings. The van der Waals surface area contributed by atoms with Gasteiger partial charge in [0.25, 0.3) is 11.8 Å². The van der Waals surface area contributed by atoms with Gasteiger partial charge in [0.05, 0.1) is 17.0 Å². The highest BCUT2D eigenvalue weighted by molar-refractivity contribution is 6.36. The second-order valence-electron chi connectivity index (χ2n) is 5.63. The normalized spacial score (nSPS) is 17.6. The van der Waals surface area contributed by atoms with Gasteiger partial charge in [-0.05, 0) is 37.3 Å². The summed E-state index contributed by atoms with van der Waals surface area (Å²) in [6.07, 6.45) is 6.12. The van der Waals surface area contributed by atoms with Crippen molar-refractivity contribution >= 4 is 40.5 Å². The maximum atomic E-state index is 12.7. The molecule has 2 amide bonds. The predicted molar refractivity (Wildman–Crippen MR) is 97.5 cm³/mol. The molecule has 0 radical (unpaired) electrons. The molecular weight excluding hydrogens is 316 g/mol. The van der Waals surface area contributed by atoms with E-state index in [9.17, 15) is 9.59 Å². The predicted octanol–water partition coefficient (Wildman–Crippen LogP) is 2.75. The van der Waals surface area contributed by atoms with E-state index in [1.165, 1.54) is 6.34 Å². The lowest BCUT2D eigenvalue weighted by Gasteiger charge is -2.11. The molecule has 0 unspecified atom stereocenters. The minimum absolute atomic E-state index is 0.346. The number of nitrogens with zero attached hydrogens (tertiary/aromatic N) is 4. The summed E-state index contributed by atoms with van der Waals surface area (Å²) in [5.41, 5.74) is 2.83. The van der Waals surface area contributed by atoms with Crippen LogP contribution in [0.25, 0.3) is 10.9 Å². The Balaban J connectivity index is 1.73. The van der Waals surface area contributed by atoms with Crippen molar-refractivity contribution in [2.45, 2.75) is 13.5 Å². The van der Waals surface area contributed by atoms with Crippen LogP contribution >= 0.6 is 0 Å². The van der Waals surface area contributed by atoms with Crippen LogP contribution in [0.1, 0.15) is 17.4 Å². The van der Waals surface area contributed by atoms with Gasteiger partial charge in [0.15, 0.2) is 0 Å². The summed E-state index contributed by atoms with van der Waals surface area (Å²) in [4.78, 5) is 36.4. The van der Waals surface area contributed by atoms with Gasteiger partial charge in [-0.2, -0.15) is 4.99 Å². The van der Waals surface area contributed by atoms with Crippen molar-refractivity contribution in [1.29, 1.82) is 0 Å². The average molecular weight is 330 g/mol. The fourth-order valence-corrected chi connectivity index (χ4v) is 2.99. The summed E-state index contributed by atoms with van der Waals surface area (Å²) >= 11 is 0. The molecule has 0 bridgehead atoms. The third-order valence-corrected chi connectivity index (χ3v) is 4.16. The van der Waals surface area contributed by atoms with E-state index in [-0.39, 0.29) is 11.8 Å². The van der Waals surface area contributed by atoms with E-state index in [1.54, 1.807) is 18.2 Å². The number of fused-ring (bicyclic) bond motifs is 2. The van der Waals surface area contributed by atoms with Gasteiger partial charge in [-0.1, -0.05) is 18.2 Å². The molecule has 0 spiro atoms. The number of aromatic nitrogens is 1. The lowest BCUT2D eigenvalue weighted by atomic mass is 10.0. The van der Waals surface area contributed by atoms with Crippen molar-refractivity contribution in [2.24, 2.45) is 15.0 Å². The molecule has 0 N–H and O–H groups in total. The summed E-state index contributed by atoms with van der Waals surface area (Å²) in [5, 5.41) is 0.997. The molecule has 2 heterocycles. The zero-order valence-corrected chi connectivity index (χ0v) is 13.5. The number of rotatable bonds is 2. The first kappa shape index (κ1) is 15.1. The molecule has 6 nitrogen and oxygen atoms in total. The van der Waals surface area contributed by atoms with E-state index in [1.807, 2.05) is 41.8 Å². The topological polar surface area (TPSA) is 76.2 Å². The third-order valence-electron chi connectivity index (χ3n) is 4.16. The molecule has 2 aliphatic rings. The number of hydrogen-bond acceptors (Lipinski definition) is 3. The number of aryl methyl sites for hydroxylation is 1. The molecule has 6 heteroatoms. The van der Waals surface area contributed by atoms with E-state index in [0.717, 1.165) is 10.9 Å². The Hall–Kier alpha value is -3.41. The summed E-state index contributed by atoms with van der Waals surface area (Å²) in [6, 6.07) is 9.67. The van der Waals surface area contributed by atoms with Crippen LogP contribution in [0, 0.1) is 0 Å². The Morgan fingerprint density at radius 1 is 1.24 bits per heavy atom. The van der Waals surface area contributed by atoms with E-state index in [0.29, 0.717) is 29.2 Å². The SMILES string of the molecule is CCn1c(C(=O)N=C2C=CC3=NC=NC(=O)C3=C2)cc2ccccc21. The molecule has 0 saturated heterocycles. The second kappa shape index (κ2) is 5.90. The van der Waals surface area contributed by atoms with Crippen LogP contribution in [-0.4, -0.2) is 34.1 Å². The molecule has 122 valence electrons. The lowest BCUT2D eigenvalue weighted by Crippen LogP contribution is -2.19. The van der Waals surface area contributed by atoms with E-state index >= 15 is 0 Å². The highest BCUT2D eigenvalue weighted by Crippen LogP contribution is 2.21. The first-order chi connectivity index (χ1) is 12.2. The zero-order valence-electron chi connectivity index (χ0n) is 13.5. The smallest absolute Gasteiger partial charge is 0.294 e. The van der Waals surface area contributed by atoms with E-state index in [2.05, 4.69) is 15.0 Å². The summed E-state index contributed by atoms with van der Waals surface area (Å²) in [6.45, 7) is 2.65. The molecule has 1 aromatic heterocycles. The van der Waals surface area contributed by atoms with Crippen molar-refractivity contribution in [2.75, 3.05) is 0 Å². The van der Waals surface area contributed by atoms with Gasteiger partial charge in [0.2, 0.25) is 0 Å². The van der Waals surface area contributed by atoms with Crippen molar-refractivity contribution < 1.29 is 9.59 Å². The van der Waals surface area contributed by atoms with Gasteiger partial charge < -0.3 is 4.57 Å². The van der Waals surface area contributed by atoms with Crippen molar-refractivity contribution in [3.05, 3.63) is 59.8 Å². The van der Waals surface area contributed by atoms with Crippen molar-refractivity contribution in [1.82, 2.24) is 4.57 Å². The molecule has 4 rings (SSSR count). The number of allylic oxidation sites excluding steroid dienone is 3. The standard InChI is InChI=1S/C19H14N4O2/c1-2-23-16-6-4-3-5-12(16)9-17(23)19(25)22-13-7-8-15-14(10-13)18(24)21-11-20-15/h3-11H,2H2,1H3. The number of aliphatic imine (C=N–C) groups is 3. The lowest BCUT2D eigenvalue weighted by molar-refractivity contribution is -0.113. The highest BCUT2D eigenvalue weighted by atomic mass is 16.2. The maximum Gasteiger partial charge on any atom is 0.294 e. The number of carbonyl (C=O) groups excluding carboxylic acids is 2. The minimum atomic E-state index is -0.378. The van der Waals surface area contributed by atoms with Crippen LogP contribution in [0.5, 0.6) is 0 Å². The van der Waals surface area contributed by atoms with Crippen LogP contribution in [0.3, 0.4) is 0 Å². The number of carbonyl (C=O) groups is 2. The number of para-hydroxylation sites is 1. The fraction of sp³-hybridized carbons (Fsp3) is 0.105. The Kier molecular flexibility index (Phi) is 3.57. The molecule has 0 atom stereocenters.